The number of benzene rings is 1. The number of amides is 1. The normalized spacial score (nSPS) is 20.0. The Morgan fingerprint density at radius 3 is 2.78 bits per heavy atom. The molecule has 140 valence electrons. The van der Waals surface area contributed by atoms with Crippen molar-refractivity contribution >= 4 is 28.6 Å². The zero-order valence-corrected chi connectivity index (χ0v) is 17.1. The van der Waals surface area contributed by atoms with Crippen LogP contribution in [0.5, 0.6) is 0 Å². The summed E-state index contributed by atoms with van der Waals surface area (Å²) >= 11 is 3.64. The van der Waals surface area contributed by atoms with Crippen molar-refractivity contribution in [2.75, 3.05) is 19.6 Å². The van der Waals surface area contributed by atoms with E-state index in [4.69, 9.17) is 0 Å². The number of carbonyl (C=O) groups is 1. The highest BCUT2D eigenvalue weighted by Gasteiger charge is 2.35. The standard InChI is InChI=1S/C22H24N2OS2/c1-16(17-6-3-2-4-7-17)14-23-21(25)15-24-11-9-19-18(10-13-27-19)22(24)20-8-5-12-26-20/h2-8,10,12-13,16,22H,9,11,14-15H2,1H3,(H,23,25)/p+1/t16-,22-/m1/s1. The summed E-state index contributed by atoms with van der Waals surface area (Å²) in [6, 6.07) is 17.2. The zero-order chi connectivity index (χ0) is 18.6. The Labute approximate surface area is 168 Å². The second-order valence-corrected chi connectivity index (χ2v) is 9.18. The predicted molar refractivity (Wildman–Crippen MR) is 113 cm³/mol. The van der Waals surface area contributed by atoms with Crippen LogP contribution < -0.4 is 10.2 Å². The van der Waals surface area contributed by atoms with Crippen molar-refractivity contribution in [3.63, 3.8) is 0 Å². The molecule has 0 saturated carbocycles. The third kappa shape index (κ3) is 4.15. The molecule has 0 fully saturated rings. The third-order valence-corrected chi connectivity index (χ3v) is 7.30. The molecule has 1 aliphatic rings. The van der Waals surface area contributed by atoms with Crippen LogP contribution >= 0.6 is 22.7 Å². The Hall–Kier alpha value is -1.95. The van der Waals surface area contributed by atoms with E-state index in [9.17, 15) is 4.79 Å². The van der Waals surface area contributed by atoms with E-state index in [1.54, 1.807) is 11.3 Å². The summed E-state index contributed by atoms with van der Waals surface area (Å²) in [4.78, 5) is 16.9. The van der Waals surface area contributed by atoms with E-state index >= 15 is 0 Å². The molecule has 5 heteroatoms. The van der Waals surface area contributed by atoms with Gasteiger partial charge in [0, 0.05) is 23.4 Å². The fourth-order valence-electron chi connectivity index (χ4n) is 3.88. The van der Waals surface area contributed by atoms with Gasteiger partial charge in [0.2, 0.25) is 0 Å². The third-order valence-electron chi connectivity index (χ3n) is 5.36. The van der Waals surface area contributed by atoms with Crippen molar-refractivity contribution in [3.05, 3.63) is 80.2 Å². The van der Waals surface area contributed by atoms with Gasteiger partial charge in [-0.2, -0.15) is 0 Å². The average molecular weight is 398 g/mol. The SMILES string of the molecule is C[C@H](CNC(=O)C[NH+]1CCc2sccc2[C@@H]1c1cccs1)c1ccccc1. The number of hydrogen-bond donors (Lipinski definition) is 2. The smallest absolute Gasteiger partial charge is 0.275 e. The van der Waals surface area contributed by atoms with Crippen LogP contribution in [0.1, 0.15) is 39.8 Å². The maximum Gasteiger partial charge on any atom is 0.275 e. The van der Waals surface area contributed by atoms with Crippen LogP contribution in [0.25, 0.3) is 0 Å². The summed E-state index contributed by atoms with van der Waals surface area (Å²) < 4.78 is 0. The van der Waals surface area contributed by atoms with E-state index in [0.717, 1.165) is 13.0 Å². The number of quaternary nitrogens is 1. The number of fused-ring (bicyclic) bond motifs is 1. The minimum Gasteiger partial charge on any atom is -0.351 e. The van der Waals surface area contributed by atoms with Crippen LogP contribution in [-0.2, 0) is 11.2 Å². The maximum absolute atomic E-state index is 12.7. The average Bonchev–Trinajstić information content (AvgIpc) is 3.38. The van der Waals surface area contributed by atoms with Crippen LogP contribution in [0.4, 0.5) is 0 Å². The highest BCUT2D eigenvalue weighted by Crippen LogP contribution is 2.31. The lowest BCUT2D eigenvalue weighted by Crippen LogP contribution is -3.14. The van der Waals surface area contributed by atoms with Gasteiger partial charge in [-0.05, 0) is 34.4 Å². The van der Waals surface area contributed by atoms with E-state index in [1.807, 2.05) is 17.4 Å². The van der Waals surface area contributed by atoms with Gasteiger partial charge in [-0.3, -0.25) is 4.79 Å². The molecule has 0 bridgehead atoms. The Kier molecular flexibility index (Phi) is 5.72. The van der Waals surface area contributed by atoms with Crippen molar-refractivity contribution in [2.45, 2.75) is 25.3 Å². The van der Waals surface area contributed by atoms with E-state index < -0.39 is 0 Å². The molecule has 4 rings (SSSR count). The summed E-state index contributed by atoms with van der Waals surface area (Å²) in [6.07, 6.45) is 1.07. The fraction of sp³-hybridized carbons (Fsp3) is 0.318. The Balaban J connectivity index is 1.41. The Morgan fingerprint density at radius 1 is 1.15 bits per heavy atom. The minimum absolute atomic E-state index is 0.146. The van der Waals surface area contributed by atoms with Crippen LogP contribution in [-0.4, -0.2) is 25.5 Å². The summed E-state index contributed by atoms with van der Waals surface area (Å²) in [6.45, 7) is 4.38. The molecule has 0 saturated heterocycles. The molecule has 3 nitrogen and oxygen atoms in total. The first-order valence-corrected chi connectivity index (χ1v) is 11.2. The molecule has 2 aromatic heterocycles. The summed E-state index contributed by atoms with van der Waals surface area (Å²) in [5, 5.41) is 7.48. The highest BCUT2D eigenvalue weighted by molar-refractivity contribution is 7.10. The van der Waals surface area contributed by atoms with Gasteiger partial charge in [-0.15, -0.1) is 22.7 Å². The molecule has 3 aromatic rings. The molecule has 1 amide bonds. The van der Waals surface area contributed by atoms with E-state index in [2.05, 4.69) is 65.5 Å². The van der Waals surface area contributed by atoms with Crippen LogP contribution in [0.3, 0.4) is 0 Å². The molecule has 1 aliphatic heterocycles. The molecular weight excluding hydrogens is 372 g/mol. The minimum atomic E-state index is 0.146. The topological polar surface area (TPSA) is 33.5 Å². The fourth-order valence-corrected chi connectivity index (χ4v) is 5.71. The molecule has 0 radical (unpaired) electrons. The second-order valence-electron chi connectivity index (χ2n) is 7.20. The van der Waals surface area contributed by atoms with Crippen molar-refractivity contribution in [3.8, 4) is 0 Å². The van der Waals surface area contributed by atoms with Gasteiger partial charge in [0.05, 0.1) is 11.4 Å². The van der Waals surface area contributed by atoms with Gasteiger partial charge >= 0.3 is 0 Å². The zero-order valence-electron chi connectivity index (χ0n) is 15.5. The van der Waals surface area contributed by atoms with Crippen LogP contribution in [0, 0.1) is 0 Å². The molecule has 27 heavy (non-hydrogen) atoms. The number of hydrogen-bond acceptors (Lipinski definition) is 3. The first-order chi connectivity index (χ1) is 13.2. The summed E-state index contributed by atoms with van der Waals surface area (Å²) in [7, 11) is 0. The number of thiophene rings is 2. The van der Waals surface area contributed by atoms with Crippen molar-refractivity contribution < 1.29 is 9.69 Å². The van der Waals surface area contributed by atoms with Gasteiger partial charge in [0.1, 0.15) is 6.04 Å². The Bertz CT molecular complexity index is 873. The lowest BCUT2D eigenvalue weighted by molar-refractivity contribution is -0.919. The summed E-state index contributed by atoms with van der Waals surface area (Å²) in [5.74, 6) is 0.469. The van der Waals surface area contributed by atoms with Gasteiger partial charge in [0.25, 0.3) is 5.91 Å². The second kappa shape index (κ2) is 8.38. The lowest BCUT2D eigenvalue weighted by atomic mass is 9.98. The monoisotopic (exact) mass is 397 g/mol. The number of nitrogens with one attached hydrogen (secondary N) is 2. The van der Waals surface area contributed by atoms with Crippen molar-refractivity contribution in [2.24, 2.45) is 0 Å². The number of rotatable bonds is 6. The first kappa shape index (κ1) is 18.4. The van der Waals surface area contributed by atoms with E-state index in [0.29, 0.717) is 19.0 Å². The molecule has 1 unspecified atom stereocenters. The highest BCUT2D eigenvalue weighted by atomic mass is 32.1. The molecule has 3 atom stereocenters. The van der Waals surface area contributed by atoms with E-state index in [1.165, 1.54) is 25.8 Å². The molecule has 2 N–H and O–H groups in total. The first-order valence-electron chi connectivity index (χ1n) is 9.48. The largest absolute Gasteiger partial charge is 0.351 e. The van der Waals surface area contributed by atoms with Crippen molar-refractivity contribution in [1.29, 1.82) is 0 Å². The molecule has 1 aromatic carbocycles. The summed E-state index contributed by atoms with van der Waals surface area (Å²) in [5.41, 5.74) is 2.68. The molecule has 3 heterocycles. The number of carbonyl (C=O) groups excluding carboxylic acids is 1. The Morgan fingerprint density at radius 2 is 2.00 bits per heavy atom. The van der Waals surface area contributed by atoms with Crippen LogP contribution in [0.15, 0.2) is 59.3 Å². The maximum atomic E-state index is 12.7. The molecular formula is C22H25N2OS2+. The van der Waals surface area contributed by atoms with Gasteiger partial charge in [-0.1, -0.05) is 43.3 Å². The molecule has 0 aliphatic carbocycles. The van der Waals surface area contributed by atoms with Gasteiger partial charge < -0.3 is 10.2 Å². The van der Waals surface area contributed by atoms with Gasteiger partial charge in [-0.25, -0.2) is 0 Å². The predicted octanol–water partition coefficient (Wildman–Crippen LogP) is 3.26. The van der Waals surface area contributed by atoms with Gasteiger partial charge in [0.15, 0.2) is 6.54 Å². The van der Waals surface area contributed by atoms with Crippen molar-refractivity contribution in [1.82, 2.24) is 5.32 Å². The van der Waals surface area contributed by atoms with Crippen LogP contribution in [0.2, 0.25) is 0 Å². The lowest BCUT2D eigenvalue weighted by Gasteiger charge is -2.31. The van der Waals surface area contributed by atoms with E-state index in [-0.39, 0.29) is 11.9 Å². The quantitative estimate of drug-likeness (QED) is 0.658. The molecule has 0 spiro atoms.